The molecule has 0 fully saturated rings. The summed E-state index contributed by atoms with van der Waals surface area (Å²) in [4.78, 5) is 38.3. The summed E-state index contributed by atoms with van der Waals surface area (Å²) in [5, 5.41) is 10.00. The number of aromatic amines is 1. The van der Waals surface area contributed by atoms with E-state index in [4.69, 9.17) is 0 Å². The number of benzene rings is 1. The quantitative estimate of drug-likeness (QED) is 0.491. The number of fused-ring (bicyclic) bond motifs is 3. The van der Waals surface area contributed by atoms with Gasteiger partial charge in [0.05, 0.1) is 28.7 Å². The lowest BCUT2D eigenvalue weighted by Crippen LogP contribution is -2.32. The smallest absolute Gasteiger partial charge is 0.260 e. The third-order valence-electron chi connectivity index (χ3n) is 5.74. The van der Waals surface area contributed by atoms with Gasteiger partial charge in [-0.2, -0.15) is 5.10 Å². The van der Waals surface area contributed by atoms with E-state index in [0.717, 1.165) is 22.5 Å². The highest BCUT2D eigenvalue weighted by molar-refractivity contribution is 6.09. The molecule has 1 aromatic carbocycles. The van der Waals surface area contributed by atoms with Crippen LogP contribution in [0.4, 0.5) is 17.3 Å². The molecule has 0 radical (unpaired) electrons. The van der Waals surface area contributed by atoms with Crippen LogP contribution in [0.25, 0.3) is 11.3 Å². The molecule has 3 aromatic heterocycles. The number of H-pyrrole nitrogens is 1. The highest BCUT2D eigenvalue weighted by atomic mass is 16.2. The van der Waals surface area contributed by atoms with Crippen LogP contribution in [0.2, 0.25) is 0 Å². The van der Waals surface area contributed by atoms with Gasteiger partial charge in [-0.15, -0.1) is 0 Å². The maximum absolute atomic E-state index is 13.4. The largest absolute Gasteiger partial charge is 0.362 e. The van der Waals surface area contributed by atoms with Gasteiger partial charge in [0, 0.05) is 38.6 Å². The van der Waals surface area contributed by atoms with Crippen molar-refractivity contribution in [2.75, 3.05) is 35.8 Å². The lowest BCUT2D eigenvalue weighted by atomic mass is 10.1. The average Bonchev–Trinajstić information content (AvgIpc) is 3.27. The van der Waals surface area contributed by atoms with E-state index in [1.165, 1.54) is 6.20 Å². The zero-order chi connectivity index (χ0) is 23.7. The SMILES string of the molecule is CN(C)c1ncccc1C(=O)Nc1ccc(C(=O)N2CCc3cn[nH]c3-c3ccccc32)cn1. The maximum Gasteiger partial charge on any atom is 0.260 e. The van der Waals surface area contributed by atoms with Crippen LogP contribution < -0.4 is 15.1 Å². The molecule has 9 heteroatoms. The minimum Gasteiger partial charge on any atom is -0.362 e. The molecule has 34 heavy (non-hydrogen) atoms. The van der Waals surface area contributed by atoms with Crippen molar-refractivity contribution < 1.29 is 9.59 Å². The summed E-state index contributed by atoms with van der Waals surface area (Å²) in [6, 6.07) is 14.5. The van der Waals surface area contributed by atoms with E-state index in [0.29, 0.717) is 35.7 Å². The Hall–Kier alpha value is -4.53. The molecule has 2 amide bonds. The Morgan fingerprint density at radius 1 is 1.03 bits per heavy atom. The number of rotatable bonds is 4. The Kier molecular flexibility index (Phi) is 5.51. The topological polar surface area (TPSA) is 107 Å². The van der Waals surface area contributed by atoms with Gasteiger partial charge in [0.25, 0.3) is 11.8 Å². The van der Waals surface area contributed by atoms with Crippen LogP contribution in [0.5, 0.6) is 0 Å². The first-order valence-electron chi connectivity index (χ1n) is 10.9. The van der Waals surface area contributed by atoms with Gasteiger partial charge in [-0.1, -0.05) is 18.2 Å². The molecule has 0 saturated carbocycles. The van der Waals surface area contributed by atoms with Gasteiger partial charge in [0.2, 0.25) is 0 Å². The van der Waals surface area contributed by atoms with E-state index in [9.17, 15) is 9.59 Å². The van der Waals surface area contributed by atoms with Gasteiger partial charge in [0.15, 0.2) is 0 Å². The molecule has 4 aromatic rings. The molecule has 1 aliphatic rings. The fourth-order valence-electron chi connectivity index (χ4n) is 4.08. The standard InChI is InChI=1S/C25H23N7O2/c1-31(2)23-19(7-5-12-26-23)24(33)29-21-10-9-17(14-27-21)25(34)32-13-11-16-15-28-30-22(16)18-6-3-4-8-20(18)32/h3-10,12,14-15H,11,13H2,1-2H3,(H,28,30)(H,27,29,33). The summed E-state index contributed by atoms with van der Waals surface area (Å²) in [6.07, 6.45) is 5.62. The van der Waals surface area contributed by atoms with E-state index < -0.39 is 0 Å². The minimum absolute atomic E-state index is 0.155. The van der Waals surface area contributed by atoms with Crippen molar-refractivity contribution in [1.82, 2.24) is 20.2 Å². The molecule has 5 rings (SSSR count). The van der Waals surface area contributed by atoms with Crippen LogP contribution in [0.15, 0.2) is 67.1 Å². The first kappa shape index (κ1) is 21.3. The normalized spacial score (nSPS) is 12.4. The number of pyridine rings is 2. The van der Waals surface area contributed by atoms with Crippen LogP contribution in [0.3, 0.4) is 0 Å². The third kappa shape index (κ3) is 3.88. The van der Waals surface area contributed by atoms with Gasteiger partial charge in [0.1, 0.15) is 11.6 Å². The molecule has 1 aliphatic heterocycles. The molecule has 0 saturated heterocycles. The fourth-order valence-corrected chi connectivity index (χ4v) is 4.08. The lowest BCUT2D eigenvalue weighted by molar-refractivity contribution is 0.0986. The molecule has 0 atom stereocenters. The molecule has 2 N–H and O–H groups in total. The highest BCUT2D eigenvalue weighted by Crippen LogP contribution is 2.35. The summed E-state index contributed by atoms with van der Waals surface area (Å²) in [5.74, 6) is 0.441. The molecule has 0 unspecified atom stereocenters. The number of carbonyl (C=O) groups is 2. The Bertz CT molecular complexity index is 1360. The summed E-state index contributed by atoms with van der Waals surface area (Å²) in [7, 11) is 3.65. The fraction of sp³-hybridized carbons (Fsp3) is 0.160. The predicted octanol–water partition coefficient (Wildman–Crippen LogP) is 3.39. The number of hydrogen-bond donors (Lipinski definition) is 2. The maximum atomic E-state index is 13.4. The highest BCUT2D eigenvalue weighted by Gasteiger charge is 2.26. The van der Waals surface area contributed by atoms with Gasteiger partial charge in [-0.05, 0) is 42.3 Å². The third-order valence-corrected chi connectivity index (χ3v) is 5.74. The zero-order valence-corrected chi connectivity index (χ0v) is 18.8. The van der Waals surface area contributed by atoms with Crippen molar-refractivity contribution in [1.29, 1.82) is 0 Å². The van der Waals surface area contributed by atoms with Crippen LogP contribution in [0.1, 0.15) is 26.3 Å². The van der Waals surface area contributed by atoms with E-state index in [1.807, 2.05) is 44.6 Å². The number of nitrogens with zero attached hydrogens (tertiary/aromatic N) is 5. The number of amides is 2. The van der Waals surface area contributed by atoms with Crippen LogP contribution in [-0.2, 0) is 6.42 Å². The van der Waals surface area contributed by atoms with Crippen LogP contribution in [0, 0.1) is 0 Å². The first-order chi connectivity index (χ1) is 16.5. The Labute approximate surface area is 196 Å². The van der Waals surface area contributed by atoms with Crippen molar-refractivity contribution in [3.05, 3.63) is 83.8 Å². The van der Waals surface area contributed by atoms with Crippen molar-refractivity contribution >= 4 is 29.1 Å². The lowest BCUT2D eigenvalue weighted by Gasteiger charge is -2.23. The van der Waals surface area contributed by atoms with E-state index >= 15 is 0 Å². The number of carbonyl (C=O) groups excluding carboxylic acids is 2. The molecule has 0 spiro atoms. The van der Waals surface area contributed by atoms with Gasteiger partial charge < -0.3 is 15.1 Å². The van der Waals surface area contributed by atoms with Crippen LogP contribution in [-0.4, -0.2) is 52.6 Å². The Balaban J connectivity index is 1.37. The van der Waals surface area contributed by atoms with Crippen molar-refractivity contribution in [2.24, 2.45) is 0 Å². The van der Waals surface area contributed by atoms with Crippen LogP contribution >= 0.6 is 0 Å². The number of hydrogen-bond acceptors (Lipinski definition) is 6. The number of anilines is 3. The first-order valence-corrected chi connectivity index (χ1v) is 10.9. The number of aromatic nitrogens is 4. The second-order valence-electron chi connectivity index (χ2n) is 8.15. The molecule has 9 nitrogen and oxygen atoms in total. The Morgan fingerprint density at radius 2 is 1.88 bits per heavy atom. The van der Waals surface area contributed by atoms with Gasteiger partial charge in [-0.3, -0.25) is 14.7 Å². The van der Waals surface area contributed by atoms with Crippen molar-refractivity contribution in [2.45, 2.75) is 6.42 Å². The molecule has 170 valence electrons. The molecule has 0 aliphatic carbocycles. The molecular formula is C25H23N7O2. The van der Waals surface area contributed by atoms with Gasteiger partial charge in [-0.25, -0.2) is 9.97 Å². The second kappa shape index (κ2) is 8.78. The Morgan fingerprint density at radius 3 is 2.68 bits per heavy atom. The second-order valence-corrected chi connectivity index (χ2v) is 8.15. The zero-order valence-electron chi connectivity index (χ0n) is 18.8. The average molecular weight is 454 g/mol. The van der Waals surface area contributed by atoms with Crippen molar-refractivity contribution in [3.63, 3.8) is 0 Å². The number of nitrogens with one attached hydrogen (secondary N) is 2. The summed E-state index contributed by atoms with van der Waals surface area (Å²) < 4.78 is 0. The summed E-state index contributed by atoms with van der Waals surface area (Å²) >= 11 is 0. The van der Waals surface area contributed by atoms with Crippen molar-refractivity contribution in [3.8, 4) is 11.3 Å². The molecule has 4 heterocycles. The minimum atomic E-state index is -0.320. The molecular weight excluding hydrogens is 430 g/mol. The summed E-state index contributed by atoms with van der Waals surface area (Å²) in [5.41, 5.74) is 4.65. The predicted molar refractivity (Wildman–Crippen MR) is 130 cm³/mol. The van der Waals surface area contributed by atoms with E-state index in [1.54, 1.807) is 40.3 Å². The summed E-state index contributed by atoms with van der Waals surface area (Å²) in [6.45, 7) is 0.523. The monoisotopic (exact) mass is 453 g/mol. The molecule has 0 bridgehead atoms. The number of para-hydroxylation sites is 1. The van der Waals surface area contributed by atoms with Gasteiger partial charge >= 0.3 is 0 Å². The van der Waals surface area contributed by atoms with E-state index in [2.05, 4.69) is 25.5 Å². The van der Waals surface area contributed by atoms with E-state index in [-0.39, 0.29) is 11.8 Å².